The molecular formula is C12H20N4O. The molecule has 1 aromatic rings. The van der Waals surface area contributed by atoms with Crippen LogP contribution in [-0.4, -0.2) is 46.8 Å². The Morgan fingerprint density at radius 2 is 2.24 bits per heavy atom. The van der Waals surface area contributed by atoms with Crippen molar-refractivity contribution < 1.29 is 4.79 Å². The van der Waals surface area contributed by atoms with E-state index in [2.05, 4.69) is 15.3 Å². The minimum absolute atomic E-state index is 0.0282. The number of hydrogen-bond donors (Lipinski definition) is 1. The first-order valence-electron chi connectivity index (χ1n) is 6.25. The summed E-state index contributed by atoms with van der Waals surface area (Å²) in [4.78, 5) is 14.1. The molecule has 0 spiro atoms. The maximum atomic E-state index is 11.7. The molecule has 0 radical (unpaired) electrons. The molecule has 0 atom stereocenters. The van der Waals surface area contributed by atoms with E-state index < -0.39 is 0 Å². The molecule has 0 unspecified atom stereocenters. The molecule has 0 aromatic carbocycles. The van der Waals surface area contributed by atoms with Gasteiger partial charge >= 0.3 is 0 Å². The van der Waals surface area contributed by atoms with Gasteiger partial charge in [-0.2, -0.15) is 5.10 Å². The van der Waals surface area contributed by atoms with E-state index in [4.69, 9.17) is 0 Å². The number of nitrogens with one attached hydrogen (secondary N) is 1. The van der Waals surface area contributed by atoms with Crippen molar-refractivity contribution in [3.63, 3.8) is 0 Å². The van der Waals surface area contributed by atoms with Gasteiger partial charge < -0.3 is 10.2 Å². The minimum Gasteiger partial charge on any atom is -0.352 e. The van der Waals surface area contributed by atoms with Crippen molar-refractivity contribution in [2.45, 2.75) is 19.3 Å². The van der Waals surface area contributed by atoms with Crippen LogP contribution < -0.4 is 5.32 Å². The van der Waals surface area contributed by atoms with Gasteiger partial charge in [0.05, 0.1) is 11.8 Å². The zero-order chi connectivity index (χ0) is 12.1. The van der Waals surface area contributed by atoms with E-state index in [1.165, 1.54) is 25.9 Å². The first-order valence-corrected chi connectivity index (χ1v) is 6.25. The number of carbonyl (C=O) groups excluding carboxylic acids is 1. The van der Waals surface area contributed by atoms with E-state index in [1.807, 2.05) is 7.05 Å². The normalized spacial score (nSPS) is 16.3. The highest BCUT2D eigenvalue weighted by molar-refractivity contribution is 5.93. The van der Waals surface area contributed by atoms with Crippen molar-refractivity contribution in [2.24, 2.45) is 7.05 Å². The van der Waals surface area contributed by atoms with Crippen molar-refractivity contribution in [1.29, 1.82) is 0 Å². The molecule has 1 aliphatic rings. The molecule has 1 aliphatic heterocycles. The zero-order valence-corrected chi connectivity index (χ0v) is 10.4. The fourth-order valence-electron chi connectivity index (χ4n) is 2.15. The van der Waals surface area contributed by atoms with Crippen LogP contribution in [0.5, 0.6) is 0 Å². The van der Waals surface area contributed by atoms with Crippen LogP contribution in [0.15, 0.2) is 12.4 Å². The number of amides is 1. The van der Waals surface area contributed by atoms with Crippen molar-refractivity contribution in [3.8, 4) is 0 Å². The fraction of sp³-hybridized carbons (Fsp3) is 0.667. The lowest BCUT2D eigenvalue weighted by molar-refractivity contribution is 0.0952. The first-order chi connectivity index (χ1) is 8.25. The Balaban J connectivity index is 1.63. The maximum absolute atomic E-state index is 11.7. The molecule has 5 nitrogen and oxygen atoms in total. The third kappa shape index (κ3) is 3.56. The molecule has 2 heterocycles. The molecule has 5 heteroatoms. The van der Waals surface area contributed by atoms with Crippen LogP contribution in [0.1, 0.15) is 29.6 Å². The van der Waals surface area contributed by atoms with E-state index in [9.17, 15) is 4.79 Å². The molecule has 1 fully saturated rings. The predicted molar refractivity (Wildman–Crippen MR) is 65.8 cm³/mol. The SMILES string of the molecule is Cn1cc(C(=O)NCCCN2CCCC2)cn1. The quantitative estimate of drug-likeness (QED) is 0.763. The molecule has 0 bridgehead atoms. The highest BCUT2D eigenvalue weighted by atomic mass is 16.1. The summed E-state index contributed by atoms with van der Waals surface area (Å²) >= 11 is 0. The van der Waals surface area contributed by atoms with Gasteiger partial charge in [-0.1, -0.05) is 0 Å². The highest BCUT2D eigenvalue weighted by Gasteiger charge is 2.11. The second kappa shape index (κ2) is 5.82. The monoisotopic (exact) mass is 236 g/mol. The topological polar surface area (TPSA) is 50.2 Å². The average Bonchev–Trinajstić information content (AvgIpc) is 2.95. The van der Waals surface area contributed by atoms with Crippen LogP contribution in [0, 0.1) is 0 Å². The number of rotatable bonds is 5. The van der Waals surface area contributed by atoms with E-state index in [0.29, 0.717) is 5.56 Å². The molecule has 1 amide bonds. The summed E-state index contributed by atoms with van der Waals surface area (Å²) < 4.78 is 1.64. The Morgan fingerprint density at radius 1 is 1.47 bits per heavy atom. The molecular weight excluding hydrogens is 216 g/mol. The average molecular weight is 236 g/mol. The second-order valence-corrected chi connectivity index (χ2v) is 4.56. The van der Waals surface area contributed by atoms with E-state index in [1.54, 1.807) is 17.1 Å². The molecule has 0 saturated carbocycles. The largest absolute Gasteiger partial charge is 0.352 e. The minimum atomic E-state index is -0.0282. The maximum Gasteiger partial charge on any atom is 0.254 e. The molecule has 0 aliphatic carbocycles. The van der Waals surface area contributed by atoms with Crippen LogP contribution in [0.2, 0.25) is 0 Å². The predicted octanol–water partition coefficient (Wildman–Crippen LogP) is 0.636. The first kappa shape index (κ1) is 12.1. The summed E-state index contributed by atoms with van der Waals surface area (Å²) in [5.74, 6) is -0.0282. The lowest BCUT2D eigenvalue weighted by Crippen LogP contribution is -2.28. The summed E-state index contributed by atoms with van der Waals surface area (Å²) in [6.07, 6.45) is 6.99. The summed E-state index contributed by atoms with van der Waals surface area (Å²) in [6, 6.07) is 0. The number of nitrogens with zero attached hydrogens (tertiary/aromatic N) is 3. The third-order valence-electron chi connectivity index (χ3n) is 3.10. The van der Waals surface area contributed by atoms with Crippen LogP contribution in [-0.2, 0) is 7.05 Å². The smallest absolute Gasteiger partial charge is 0.254 e. The molecule has 17 heavy (non-hydrogen) atoms. The molecule has 94 valence electrons. The lowest BCUT2D eigenvalue weighted by atomic mass is 10.3. The molecule has 1 aromatic heterocycles. The van der Waals surface area contributed by atoms with Gasteiger partial charge in [-0.05, 0) is 38.9 Å². The number of carbonyl (C=O) groups is 1. The number of likely N-dealkylation sites (tertiary alicyclic amines) is 1. The second-order valence-electron chi connectivity index (χ2n) is 4.56. The van der Waals surface area contributed by atoms with E-state index in [-0.39, 0.29) is 5.91 Å². The van der Waals surface area contributed by atoms with Crippen molar-refractivity contribution >= 4 is 5.91 Å². The Labute approximate surface area is 102 Å². The fourth-order valence-corrected chi connectivity index (χ4v) is 2.15. The van der Waals surface area contributed by atoms with Crippen LogP contribution in [0.25, 0.3) is 0 Å². The van der Waals surface area contributed by atoms with Gasteiger partial charge in [0, 0.05) is 19.8 Å². The number of aryl methyl sites for hydroxylation is 1. The Bertz CT molecular complexity index is 368. The molecule has 2 rings (SSSR count). The van der Waals surface area contributed by atoms with Gasteiger partial charge in [0.15, 0.2) is 0 Å². The van der Waals surface area contributed by atoms with Gasteiger partial charge in [-0.25, -0.2) is 0 Å². The van der Waals surface area contributed by atoms with Crippen molar-refractivity contribution in [3.05, 3.63) is 18.0 Å². The Morgan fingerprint density at radius 3 is 2.88 bits per heavy atom. The summed E-state index contributed by atoms with van der Waals surface area (Å²) in [7, 11) is 1.81. The van der Waals surface area contributed by atoms with Crippen molar-refractivity contribution in [1.82, 2.24) is 20.0 Å². The van der Waals surface area contributed by atoms with Crippen LogP contribution in [0.3, 0.4) is 0 Å². The highest BCUT2D eigenvalue weighted by Crippen LogP contribution is 2.06. The summed E-state index contributed by atoms with van der Waals surface area (Å²) in [6.45, 7) is 4.27. The number of hydrogen-bond acceptors (Lipinski definition) is 3. The van der Waals surface area contributed by atoms with E-state index >= 15 is 0 Å². The van der Waals surface area contributed by atoms with Gasteiger partial charge in [0.1, 0.15) is 0 Å². The van der Waals surface area contributed by atoms with Crippen molar-refractivity contribution in [2.75, 3.05) is 26.2 Å². The van der Waals surface area contributed by atoms with E-state index in [0.717, 1.165) is 19.5 Å². The lowest BCUT2D eigenvalue weighted by Gasteiger charge is -2.13. The Kier molecular flexibility index (Phi) is 4.14. The Hall–Kier alpha value is -1.36. The third-order valence-corrected chi connectivity index (χ3v) is 3.10. The summed E-state index contributed by atoms with van der Waals surface area (Å²) in [5.41, 5.74) is 0.633. The van der Waals surface area contributed by atoms with Crippen LogP contribution in [0.4, 0.5) is 0 Å². The summed E-state index contributed by atoms with van der Waals surface area (Å²) in [5, 5.41) is 6.89. The zero-order valence-electron chi connectivity index (χ0n) is 10.4. The number of aromatic nitrogens is 2. The van der Waals surface area contributed by atoms with Gasteiger partial charge in [-0.3, -0.25) is 9.48 Å². The van der Waals surface area contributed by atoms with Gasteiger partial charge in [-0.15, -0.1) is 0 Å². The molecule has 1 N–H and O–H groups in total. The van der Waals surface area contributed by atoms with Gasteiger partial charge in [0.2, 0.25) is 0 Å². The van der Waals surface area contributed by atoms with Gasteiger partial charge in [0.25, 0.3) is 5.91 Å². The standard InChI is InChI=1S/C12H20N4O/c1-15-10-11(9-14-15)12(17)13-5-4-8-16-6-2-3-7-16/h9-10H,2-8H2,1H3,(H,13,17). The van der Waals surface area contributed by atoms with Crippen LogP contribution >= 0.6 is 0 Å². The molecule has 1 saturated heterocycles.